The second kappa shape index (κ2) is 8.19. The van der Waals surface area contributed by atoms with Gasteiger partial charge in [0.15, 0.2) is 0 Å². The van der Waals surface area contributed by atoms with Gasteiger partial charge in [0.2, 0.25) is 5.91 Å². The second-order valence-corrected chi connectivity index (χ2v) is 8.77. The maximum Gasteiger partial charge on any atom is 0.254 e. The lowest BCUT2D eigenvalue weighted by atomic mass is 9.90. The van der Waals surface area contributed by atoms with Crippen LogP contribution in [0.3, 0.4) is 0 Å². The number of carbonyl (C=O) groups excluding carboxylic acids is 1. The van der Waals surface area contributed by atoms with Crippen molar-refractivity contribution in [2.75, 3.05) is 19.6 Å². The monoisotopic (exact) mass is 384 g/mol. The Labute approximate surface area is 167 Å². The molecule has 0 radical (unpaired) electrons. The van der Waals surface area contributed by atoms with Crippen molar-refractivity contribution in [2.45, 2.75) is 70.9 Å². The first kappa shape index (κ1) is 19.4. The molecule has 3 aliphatic rings. The molecule has 1 N–H and O–H groups in total. The summed E-state index contributed by atoms with van der Waals surface area (Å²) in [4.78, 5) is 37.7. The van der Waals surface area contributed by atoms with Crippen molar-refractivity contribution in [1.82, 2.24) is 19.8 Å². The Morgan fingerprint density at radius 3 is 2.64 bits per heavy atom. The van der Waals surface area contributed by atoms with E-state index < -0.39 is 0 Å². The molecule has 1 fully saturated rings. The number of carbonyl (C=O) groups is 1. The maximum absolute atomic E-state index is 12.8. The highest BCUT2D eigenvalue weighted by Gasteiger charge is 2.30. The summed E-state index contributed by atoms with van der Waals surface area (Å²) in [6.45, 7) is 7.59. The van der Waals surface area contributed by atoms with Crippen LogP contribution in [0.4, 0.5) is 0 Å². The lowest BCUT2D eigenvalue weighted by molar-refractivity contribution is -0.136. The minimum atomic E-state index is 0.0379. The van der Waals surface area contributed by atoms with Crippen molar-refractivity contribution in [3.63, 3.8) is 0 Å². The maximum atomic E-state index is 12.8. The van der Waals surface area contributed by atoms with Gasteiger partial charge in [-0.15, -0.1) is 0 Å². The highest BCUT2D eigenvalue weighted by Crippen LogP contribution is 2.29. The summed E-state index contributed by atoms with van der Waals surface area (Å²) < 4.78 is 0. The first-order valence-corrected chi connectivity index (χ1v) is 10.8. The highest BCUT2D eigenvalue weighted by molar-refractivity contribution is 5.79. The lowest BCUT2D eigenvalue weighted by Crippen LogP contribution is -2.42. The fraction of sp³-hybridized carbons (Fsp3) is 0.682. The van der Waals surface area contributed by atoms with Crippen molar-refractivity contribution in [1.29, 1.82) is 0 Å². The van der Waals surface area contributed by atoms with Crippen LogP contribution in [0.1, 0.15) is 69.0 Å². The summed E-state index contributed by atoms with van der Waals surface area (Å²) in [5.74, 6) is 1.53. The number of allylic oxidation sites excluding steroid dienone is 2. The van der Waals surface area contributed by atoms with E-state index in [2.05, 4.69) is 35.9 Å². The number of aromatic amines is 1. The molecule has 1 saturated heterocycles. The average Bonchev–Trinajstić information content (AvgIpc) is 2.73. The Balaban J connectivity index is 1.43. The lowest BCUT2D eigenvalue weighted by Gasteiger charge is -2.35. The summed E-state index contributed by atoms with van der Waals surface area (Å²) in [6.07, 6.45) is 9.72. The number of fused-ring (bicyclic) bond motifs is 1. The number of hydrogen-bond acceptors (Lipinski definition) is 4. The predicted molar refractivity (Wildman–Crippen MR) is 109 cm³/mol. The van der Waals surface area contributed by atoms with Crippen LogP contribution in [0.15, 0.2) is 16.9 Å². The summed E-state index contributed by atoms with van der Waals surface area (Å²) in [5.41, 5.74) is 1.85. The minimum absolute atomic E-state index is 0.0379. The van der Waals surface area contributed by atoms with Gasteiger partial charge >= 0.3 is 0 Å². The molecule has 28 heavy (non-hydrogen) atoms. The number of likely N-dealkylation sites (tertiary alicyclic amines) is 1. The van der Waals surface area contributed by atoms with Crippen LogP contribution < -0.4 is 5.56 Å². The molecule has 1 aromatic rings. The van der Waals surface area contributed by atoms with Gasteiger partial charge in [0.25, 0.3) is 5.56 Å². The molecule has 6 heteroatoms. The van der Waals surface area contributed by atoms with E-state index in [1.165, 1.54) is 0 Å². The van der Waals surface area contributed by atoms with Crippen LogP contribution in [0.25, 0.3) is 0 Å². The summed E-state index contributed by atoms with van der Waals surface area (Å²) >= 11 is 0. The molecular formula is C22H32N4O2. The molecular weight excluding hydrogens is 352 g/mol. The summed E-state index contributed by atoms with van der Waals surface area (Å²) in [7, 11) is 0. The van der Waals surface area contributed by atoms with Gasteiger partial charge in [-0.1, -0.05) is 12.2 Å². The van der Waals surface area contributed by atoms with Gasteiger partial charge in [0.05, 0.1) is 5.69 Å². The first-order chi connectivity index (χ1) is 13.5. The topological polar surface area (TPSA) is 69.3 Å². The molecule has 1 atom stereocenters. The molecule has 1 aliphatic carbocycles. The van der Waals surface area contributed by atoms with Crippen LogP contribution in [0.5, 0.6) is 0 Å². The van der Waals surface area contributed by atoms with Gasteiger partial charge < -0.3 is 9.88 Å². The zero-order valence-corrected chi connectivity index (χ0v) is 17.1. The van der Waals surface area contributed by atoms with Gasteiger partial charge in [-0.05, 0) is 52.4 Å². The van der Waals surface area contributed by atoms with E-state index in [1.807, 2.05) is 4.90 Å². The molecule has 3 heterocycles. The number of hydrogen-bond donors (Lipinski definition) is 1. The van der Waals surface area contributed by atoms with Crippen molar-refractivity contribution < 1.29 is 4.79 Å². The van der Waals surface area contributed by atoms with Crippen molar-refractivity contribution in [3.05, 3.63) is 39.6 Å². The van der Waals surface area contributed by atoms with E-state index in [-0.39, 0.29) is 17.4 Å². The van der Waals surface area contributed by atoms with Gasteiger partial charge in [-0.3, -0.25) is 14.5 Å². The van der Waals surface area contributed by atoms with Crippen LogP contribution in [-0.4, -0.2) is 51.4 Å². The smallest absolute Gasteiger partial charge is 0.254 e. The molecule has 1 aromatic heterocycles. The van der Waals surface area contributed by atoms with Gasteiger partial charge in [-0.25, -0.2) is 4.98 Å². The average molecular weight is 385 g/mol. The third-order valence-corrected chi connectivity index (χ3v) is 6.66. The molecule has 1 amide bonds. The van der Waals surface area contributed by atoms with Crippen molar-refractivity contribution >= 4 is 5.91 Å². The number of nitrogens with zero attached hydrogens (tertiary/aromatic N) is 3. The molecule has 152 valence electrons. The fourth-order valence-electron chi connectivity index (χ4n) is 4.76. The van der Waals surface area contributed by atoms with Crippen LogP contribution in [0, 0.1) is 5.92 Å². The van der Waals surface area contributed by atoms with Gasteiger partial charge in [-0.2, -0.15) is 0 Å². The van der Waals surface area contributed by atoms with Crippen molar-refractivity contribution in [2.24, 2.45) is 5.92 Å². The Bertz CT molecular complexity index is 805. The molecule has 6 nitrogen and oxygen atoms in total. The van der Waals surface area contributed by atoms with E-state index >= 15 is 0 Å². The summed E-state index contributed by atoms with van der Waals surface area (Å²) in [5, 5.41) is 0. The Kier molecular flexibility index (Phi) is 5.67. The molecule has 0 saturated carbocycles. The van der Waals surface area contributed by atoms with Crippen LogP contribution in [-0.2, 0) is 17.8 Å². The largest absolute Gasteiger partial charge is 0.342 e. The SMILES string of the molecule is CC(C)N1CCc2c(nc(C3CCN(C(=O)C4CC=CCC4)CC3)[nH]c2=O)C1. The number of rotatable bonds is 3. The number of amides is 1. The number of piperidine rings is 1. The third kappa shape index (κ3) is 3.93. The van der Waals surface area contributed by atoms with E-state index in [0.717, 1.165) is 81.8 Å². The molecule has 4 rings (SSSR count). The number of aromatic nitrogens is 2. The molecule has 0 spiro atoms. The zero-order chi connectivity index (χ0) is 19.7. The normalized spacial score (nSPS) is 23.8. The van der Waals surface area contributed by atoms with Gasteiger partial charge in [0, 0.05) is 49.6 Å². The molecule has 2 aliphatic heterocycles. The van der Waals surface area contributed by atoms with E-state index in [4.69, 9.17) is 4.98 Å². The summed E-state index contributed by atoms with van der Waals surface area (Å²) in [6, 6.07) is 0.460. The molecule has 1 unspecified atom stereocenters. The number of H-pyrrole nitrogens is 1. The Morgan fingerprint density at radius 2 is 1.96 bits per heavy atom. The zero-order valence-electron chi connectivity index (χ0n) is 17.1. The Hall–Kier alpha value is -1.95. The molecule has 0 bridgehead atoms. The third-order valence-electron chi connectivity index (χ3n) is 6.66. The second-order valence-electron chi connectivity index (χ2n) is 8.77. The Morgan fingerprint density at radius 1 is 1.18 bits per heavy atom. The molecule has 0 aromatic carbocycles. The van der Waals surface area contributed by atoms with Crippen molar-refractivity contribution in [3.8, 4) is 0 Å². The number of nitrogens with one attached hydrogen (secondary N) is 1. The predicted octanol–water partition coefficient (Wildman–Crippen LogP) is 2.60. The van der Waals surface area contributed by atoms with E-state index in [0.29, 0.717) is 11.9 Å². The van der Waals surface area contributed by atoms with Crippen LogP contribution in [0.2, 0.25) is 0 Å². The van der Waals surface area contributed by atoms with E-state index in [1.54, 1.807) is 0 Å². The highest BCUT2D eigenvalue weighted by atomic mass is 16.2. The standard InChI is InChI=1S/C22H32N4O2/c1-15(2)26-13-10-18-19(14-26)23-20(24-21(18)27)16-8-11-25(12-9-16)22(28)17-6-4-3-5-7-17/h3-4,15-17H,5-14H2,1-2H3,(H,23,24,27). The van der Waals surface area contributed by atoms with Crippen LogP contribution >= 0.6 is 0 Å². The van der Waals surface area contributed by atoms with Gasteiger partial charge in [0.1, 0.15) is 5.82 Å². The fourth-order valence-corrected chi connectivity index (χ4v) is 4.76. The van der Waals surface area contributed by atoms with E-state index in [9.17, 15) is 9.59 Å². The minimum Gasteiger partial charge on any atom is -0.342 e. The first-order valence-electron chi connectivity index (χ1n) is 10.8. The quantitative estimate of drug-likeness (QED) is 0.814.